The Morgan fingerprint density at radius 1 is 1.24 bits per heavy atom. The Kier molecular flexibility index (Phi) is 2.94. The van der Waals surface area contributed by atoms with Gasteiger partial charge < -0.3 is 9.84 Å². The van der Waals surface area contributed by atoms with Crippen molar-refractivity contribution < 1.29 is 9.84 Å². The molecule has 1 fully saturated rings. The first-order valence-electron chi connectivity index (χ1n) is 6.28. The number of aryl methyl sites for hydroxylation is 1. The van der Waals surface area contributed by atoms with Crippen LogP contribution in [0.5, 0.6) is 5.75 Å². The fourth-order valence-electron chi connectivity index (χ4n) is 2.98. The van der Waals surface area contributed by atoms with E-state index in [4.69, 9.17) is 4.74 Å². The highest BCUT2D eigenvalue weighted by Crippen LogP contribution is 2.54. The Morgan fingerprint density at radius 3 is 2.47 bits per heavy atom. The van der Waals surface area contributed by atoms with Gasteiger partial charge in [-0.1, -0.05) is 25.5 Å². The summed E-state index contributed by atoms with van der Waals surface area (Å²) in [6, 6.07) is 6.04. The van der Waals surface area contributed by atoms with Crippen molar-refractivity contribution >= 4 is 0 Å². The Hall–Kier alpha value is -1.02. The minimum Gasteiger partial charge on any atom is -0.496 e. The molecule has 0 saturated heterocycles. The largest absolute Gasteiger partial charge is 0.496 e. The first-order valence-corrected chi connectivity index (χ1v) is 6.28. The van der Waals surface area contributed by atoms with Gasteiger partial charge in [0.2, 0.25) is 0 Å². The predicted molar refractivity (Wildman–Crippen MR) is 69.3 cm³/mol. The summed E-state index contributed by atoms with van der Waals surface area (Å²) < 4.78 is 5.41. The van der Waals surface area contributed by atoms with Gasteiger partial charge in [-0.25, -0.2) is 0 Å². The fraction of sp³-hybridized carbons (Fsp3) is 0.600. The summed E-state index contributed by atoms with van der Waals surface area (Å²) in [6.45, 7) is 6.33. The lowest BCUT2D eigenvalue weighted by atomic mass is 9.73. The molecule has 0 aromatic heterocycles. The van der Waals surface area contributed by atoms with Crippen LogP contribution in [0.4, 0.5) is 0 Å². The van der Waals surface area contributed by atoms with E-state index < -0.39 is 5.60 Å². The van der Waals surface area contributed by atoms with Crippen LogP contribution < -0.4 is 4.74 Å². The van der Waals surface area contributed by atoms with E-state index >= 15 is 0 Å². The lowest BCUT2D eigenvalue weighted by Gasteiger charge is -2.38. The number of ether oxygens (including phenoxy) is 1. The molecule has 94 valence electrons. The first kappa shape index (κ1) is 12.4. The maximum absolute atomic E-state index is 11.0. The smallest absolute Gasteiger partial charge is 0.124 e. The normalized spacial score (nSPS) is 27.1. The van der Waals surface area contributed by atoms with Gasteiger partial charge in [0.1, 0.15) is 5.75 Å². The number of hydrogen-bond donors (Lipinski definition) is 1. The molecule has 2 heteroatoms. The van der Waals surface area contributed by atoms with E-state index in [0.29, 0.717) is 0 Å². The molecule has 0 amide bonds. The van der Waals surface area contributed by atoms with Crippen molar-refractivity contribution in [1.29, 1.82) is 0 Å². The maximum Gasteiger partial charge on any atom is 0.124 e. The molecule has 2 rings (SSSR count). The molecular formula is C15H22O2. The first-order chi connectivity index (χ1) is 7.90. The van der Waals surface area contributed by atoms with E-state index in [2.05, 4.69) is 19.9 Å². The third-order valence-corrected chi connectivity index (χ3v) is 4.26. The van der Waals surface area contributed by atoms with Crippen LogP contribution in [0.1, 0.15) is 44.2 Å². The second-order valence-corrected chi connectivity index (χ2v) is 5.80. The number of aliphatic hydroxyl groups is 1. The summed E-state index contributed by atoms with van der Waals surface area (Å²) in [5.41, 5.74) is 1.26. The molecule has 17 heavy (non-hydrogen) atoms. The quantitative estimate of drug-likeness (QED) is 0.849. The molecule has 0 spiro atoms. The van der Waals surface area contributed by atoms with Crippen molar-refractivity contribution in [2.75, 3.05) is 7.11 Å². The van der Waals surface area contributed by atoms with Crippen molar-refractivity contribution in [3.63, 3.8) is 0 Å². The van der Waals surface area contributed by atoms with Crippen LogP contribution in [0.15, 0.2) is 18.2 Å². The molecule has 1 unspecified atom stereocenters. The zero-order valence-corrected chi connectivity index (χ0v) is 11.2. The lowest BCUT2D eigenvalue weighted by Crippen LogP contribution is -2.37. The number of hydrogen-bond acceptors (Lipinski definition) is 2. The third kappa shape index (κ3) is 1.85. The monoisotopic (exact) mass is 234 g/mol. The van der Waals surface area contributed by atoms with Crippen LogP contribution in [0.2, 0.25) is 0 Å². The molecule has 0 aliphatic heterocycles. The van der Waals surface area contributed by atoms with Crippen molar-refractivity contribution in [1.82, 2.24) is 0 Å². The van der Waals surface area contributed by atoms with E-state index in [1.807, 2.05) is 19.1 Å². The van der Waals surface area contributed by atoms with Gasteiger partial charge in [-0.15, -0.1) is 0 Å². The molecule has 1 atom stereocenters. The topological polar surface area (TPSA) is 29.5 Å². The Morgan fingerprint density at radius 2 is 1.94 bits per heavy atom. The molecule has 1 aliphatic carbocycles. The second-order valence-electron chi connectivity index (χ2n) is 5.80. The third-order valence-electron chi connectivity index (χ3n) is 4.26. The van der Waals surface area contributed by atoms with Gasteiger partial charge in [-0.3, -0.25) is 0 Å². The molecule has 1 aromatic carbocycles. The van der Waals surface area contributed by atoms with Gasteiger partial charge in [0.05, 0.1) is 12.7 Å². The molecule has 1 N–H and O–H groups in total. The summed E-state index contributed by atoms with van der Waals surface area (Å²) in [4.78, 5) is 0. The standard InChI is InChI=1S/C15H22O2/c1-11-6-7-13(17-4)12(10-11)15(16)9-5-8-14(15,2)3/h6-7,10,16H,5,8-9H2,1-4H3. The average Bonchev–Trinajstić information content (AvgIpc) is 2.54. The number of benzene rings is 1. The summed E-state index contributed by atoms with van der Waals surface area (Å²) in [7, 11) is 1.67. The molecule has 0 radical (unpaired) electrons. The van der Waals surface area contributed by atoms with Crippen LogP contribution >= 0.6 is 0 Å². The highest BCUT2D eigenvalue weighted by molar-refractivity contribution is 5.42. The molecule has 0 heterocycles. The zero-order valence-electron chi connectivity index (χ0n) is 11.2. The Balaban J connectivity index is 2.56. The second kappa shape index (κ2) is 4.02. The van der Waals surface area contributed by atoms with Gasteiger partial charge in [0.25, 0.3) is 0 Å². The highest BCUT2D eigenvalue weighted by atomic mass is 16.5. The Labute approximate surface area is 104 Å². The molecule has 1 aliphatic rings. The predicted octanol–water partition coefficient (Wildman–Crippen LogP) is 3.40. The van der Waals surface area contributed by atoms with Crippen LogP contribution in [-0.2, 0) is 5.60 Å². The van der Waals surface area contributed by atoms with Crippen LogP contribution in [-0.4, -0.2) is 12.2 Å². The molecular weight excluding hydrogens is 212 g/mol. The summed E-state index contributed by atoms with van der Waals surface area (Å²) in [6.07, 6.45) is 2.95. The van der Waals surface area contributed by atoms with Crippen LogP contribution in [0, 0.1) is 12.3 Å². The maximum atomic E-state index is 11.0. The average molecular weight is 234 g/mol. The summed E-state index contributed by atoms with van der Waals surface area (Å²) in [5.74, 6) is 0.799. The minimum atomic E-state index is -0.760. The molecule has 1 saturated carbocycles. The van der Waals surface area contributed by atoms with Gasteiger partial charge in [0.15, 0.2) is 0 Å². The SMILES string of the molecule is COc1ccc(C)cc1C1(O)CCCC1(C)C. The number of methoxy groups -OCH3 is 1. The van der Waals surface area contributed by atoms with E-state index in [1.165, 1.54) is 0 Å². The van der Waals surface area contributed by atoms with Crippen molar-refractivity contribution in [2.45, 2.75) is 45.6 Å². The van der Waals surface area contributed by atoms with E-state index in [0.717, 1.165) is 36.1 Å². The minimum absolute atomic E-state index is 0.0892. The summed E-state index contributed by atoms with van der Waals surface area (Å²) in [5, 5.41) is 11.0. The van der Waals surface area contributed by atoms with Crippen molar-refractivity contribution in [3.8, 4) is 5.75 Å². The fourth-order valence-corrected chi connectivity index (χ4v) is 2.98. The van der Waals surface area contributed by atoms with E-state index in [-0.39, 0.29) is 5.41 Å². The van der Waals surface area contributed by atoms with Crippen LogP contribution in [0.3, 0.4) is 0 Å². The highest BCUT2D eigenvalue weighted by Gasteiger charge is 2.49. The van der Waals surface area contributed by atoms with Crippen molar-refractivity contribution in [3.05, 3.63) is 29.3 Å². The summed E-state index contributed by atoms with van der Waals surface area (Å²) >= 11 is 0. The molecule has 0 bridgehead atoms. The molecule has 1 aromatic rings. The van der Waals surface area contributed by atoms with Gasteiger partial charge in [0, 0.05) is 5.56 Å². The van der Waals surface area contributed by atoms with Gasteiger partial charge in [-0.05, 0) is 43.7 Å². The van der Waals surface area contributed by atoms with Crippen molar-refractivity contribution in [2.24, 2.45) is 5.41 Å². The van der Waals surface area contributed by atoms with E-state index in [9.17, 15) is 5.11 Å². The Bertz CT molecular complexity index is 423. The lowest BCUT2D eigenvalue weighted by molar-refractivity contribution is -0.0501. The van der Waals surface area contributed by atoms with Gasteiger partial charge in [-0.2, -0.15) is 0 Å². The van der Waals surface area contributed by atoms with Crippen LogP contribution in [0.25, 0.3) is 0 Å². The zero-order chi connectivity index (χ0) is 12.7. The molecule has 2 nitrogen and oxygen atoms in total. The van der Waals surface area contributed by atoms with Gasteiger partial charge >= 0.3 is 0 Å². The van der Waals surface area contributed by atoms with E-state index in [1.54, 1.807) is 7.11 Å². The number of rotatable bonds is 2.